The van der Waals surface area contributed by atoms with Gasteiger partial charge in [0.05, 0.1) is 16.1 Å². The van der Waals surface area contributed by atoms with Crippen molar-refractivity contribution in [3.05, 3.63) is 93.6 Å². The number of aromatic nitrogens is 1. The summed E-state index contributed by atoms with van der Waals surface area (Å²) in [6, 6.07) is 16.9. The van der Waals surface area contributed by atoms with Gasteiger partial charge in [-0.15, -0.1) is 0 Å². The van der Waals surface area contributed by atoms with E-state index in [1.165, 1.54) is 0 Å². The summed E-state index contributed by atoms with van der Waals surface area (Å²) in [6.45, 7) is 0.249. The number of anilines is 1. The molecule has 0 saturated heterocycles. The van der Waals surface area contributed by atoms with E-state index >= 15 is 0 Å². The Hall–Kier alpha value is -3.13. The first-order valence-corrected chi connectivity index (χ1v) is 11.5. The van der Waals surface area contributed by atoms with Crippen LogP contribution in [0.15, 0.2) is 66.9 Å². The molecule has 7 nitrogen and oxygen atoms in total. The van der Waals surface area contributed by atoms with Gasteiger partial charge in [-0.2, -0.15) is 0 Å². The van der Waals surface area contributed by atoms with Crippen molar-refractivity contribution in [2.24, 2.45) is 0 Å². The molecule has 2 aromatic carbocycles. The highest BCUT2D eigenvalue weighted by Gasteiger charge is 2.25. The molecule has 1 unspecified atom stereocenters. The van der Waals surface area contributed by atoms with Crippen molar-refractivity contribution in [2.75, 3.05) is 12.8 Å². The molecule has 9 heteroatoms. The van der Waals surface area contributed by atoms with Crippen LogP contribution in [0.4, 0.5) is 5.82 Å². The highest BCUT2D eigenvalue weighted by Crippen LogP contribution is 2.23. The standard InChI is InChI=1S/C25H27Cl2N5O2/c1-29-21(12-16-5-3-2-4-6-16)25(34)32-22(13-17-7-9-19(26)20(27)11-17)24(33)31-15-18-8-10-23(28)30-14-18/h2-11,14,21-22,29H,12-13,15H2,1H3,(H2,28,30)(H,31,33)(H,32,34)/t21?,22-/m0/s1. The van der Waals surface area contributed by atoms with Gasteiger partial charge in [-0.25, -0.2) is 4.98 Å². The van der Waals surface area contributed by atoms with Gasteiger partial charge in [-0.3, -0.25) is 9.59 Å². The van der Waals surface area contributed by atoms with E-state index in [1.54, 1.807) is 43.6 Å². The van der Waals surface area contributed by atoms with Gasteiger partial charge in [0.15, 0.2) is 0 Å². The van der Waals surface area contributed by atoms with Gasteiger partial charge in [0.2, 0.25) is 11.8 Å². The lowest BCUT2D eigenvalue weighted by Gasteiger charge is -2.23. The zero-order valence-corrected chi connectivity index (χ0v) is 20.2. The van der Waals surface area contributed by atoms with Crippen LogP contribution < -0.4 is 21.7 Å². The van der Waals surface area contributed by atoms with Gasteiger partial charge in [0.25, 0.3) is 0 Å². The third-order valence-corrected chi connectivity index (χ3v) is 6.06. The smallest absolute Gasteiger partial charge is 0.243 e. The fourth-order valence-electron chi connectivity index (χ4n) is 3.41. The molecule has 0 spiro atoms. The summed E-state index contributed by atoms with van der Waals surface area (Å²) in [5, 5.41) is 9.59. The molecule has 5 N–H and O–H groups in total. The summed E-state index contributed by atoms with van der Waals surface area (Å²) < 4.78 is 0. The highest BCUT2D eigenvalue weighted by atomic mass is 35.5. The second-order valence-corrected chi connectivity index (χ2v) is 8.67. The van der Waals surface area contributed by atoms with E-state index < -0.39 is 12.1 Å². The van der Waals surface area contributed by atoms with Gasteiger partial charge in [0, 0.05) is 19.2 Å². The van der Waals surface area contributed by atoms with Crippen LogP contribution in [0.2, 0.25) is 10.0 Å². The molecule has 0 aliphatic heterocycles. The lowest BCUT2D eigenvalue weighted by atomic mass is 10.0. The molecule has 2 atom stereocenters. The number of nitrogens with two attached hydrogens (primary N) is 1. The molecule has 0 saturated carbocycles. The van der Waals surface area contributed by atoms with Crippen molar-refractivity contribution in [1.29, 1.82) is 0 Å². The highest BCUT2D eigenvalue weighted by molar-refractivity contribution is 6.42. The van der Waals surface area contributed by atoms with Crippen LogP contribution in [0.1, 0.15) is 16.7 Å². The number of benzene rings is 2. The molecule has 0 radical (unpaired) electrons. The van der Waals surface area contributed by atoms with Crippen molar-refractivity contribution in [2.45, 2.75) is 31.5 Å². The molecule has 178 valence electrons. The predicted octanol–water partition coefficient (Wildman–Crippen LogP) is 3.15. The lowest BCUT2D eigenvalue weighted by Crippen LogP contribution is -2.53. The second kappa shape index (κ2) is 12.4. The Bertz CT molecular complexity index is 1110. The average Bonchev–Trinajstić information content (AvgIpc) is 2.84. The molecule has 34 heavy (non-hydrogen) atoms. The predicted molar refractivity (Wildman–Crippen MR) is 136 cm³/mol. The number of nitrogens with one attached hydrogen (secondary N) is 3. The molecule has 0 fully saturated rings. The molecule has 3 aromatic rings. The van der Waals surface area contributed by atoms with Gasteiger partial charge in [0.1, 0.15) is 11.9 Å². The minimum absolute atomic E-state index is 0.246. The van der Waals surface area contributed by atoms with Crippen molar-refractivity contribution < 1.29 is 9.59 Å². The minimum Gasteiger partial charge on any atom is -0.384 e. The number of carbonyl (C=O) groups is 2. The Morgan fingerprint density at radius 2 is 1.59 bits per heavy atom. The van der Waals surface area contributed by atoms with Crippen LogP contribution in [0.25, 0.3) is 0 Å². The molecule has 3 rings (SSSR count). The molecule has 1 aromatic heterocycles. The number of nitrogen functional groups attached to an aromatic ring is 1. The average molecular weight is 500 g/mol. The quantitative estimate of drug-likeness (QED) is 0.342. The van der Waals surface area contributed by atoms with E-state index in [0.717, 1.165) is 16.7 Å². The van der Waals surface area contributed by atoms with Crippen LogP contribution in [0.3, 0.4) is 0 Å². The number of halogens is 2. The molecular weight excluding hydrogens is 473 g/mol. The Balaban J connectivity index is 1.73. The topological polar surface area (TPSA) is 109 Å². The van der Waals surface area contributed by atoms with E-state index in [4.69, 9.17) is 28.9 Å². The van der Waals surface area contributed by atoms with Crippen LogP contribution in [0.5, 0.6) is 0 Å². The Kier molecular flexibility index (Phi) is 9.27. The first-order valence-electron chi connectivity index (χ1n) is 10.8. The summed E-state index contributed by atoms with van der Waals surface area (Å²) in [5.41, 5.74) is 8.19. The zero-order chi connectivity index (χ0) is 24.5. The van der Waals surface area contributed by atoms with Crippen LogP contribution >= 0.6 is 23.2 Å². The van der Waals surface area contributed by atoms with Gasteiger partial charge >= 0.3 is 0 Å². The lowest BCUT2D eigenvalue weighted by molar-refractivity contribution is -0.130. The molecule has 2 amide bonds. The second-order valence-electron chi connectivity index (χ2n) is 7.85. The fourth-order valence-corrected chi connectivity index (χ4v) is 3.73. The molecule has 1 heterocycles. The van der Waals surface area contributed by atoms with E-state index in [-0.39, 0.29) is 24.8 Å². The maximum Gasteiger partial charge on any atom is 0.243 e. The number of rotatable bonds is 10. The van der Waals surface area contributed by atoms with Crippen LogP contribution in [0, 0.1) is 0 Å². The third kappa shape index (κ3) is 7.45. The number of hydrogen-bond acceptors (Lipinski definition) is 5. The molecule has 0 aliphatic carbocycles. The summed E-state index contributed by atoms with van der Waals surface area (Å²) in [5.74, 6) is -0.206. The van der Waals surface area contributed by atoms with Crippen molar-refractivity contribution >= 4 is 40.8 Å². The Labute approximate surface area is 209 Å². The minimum atomic E-state index is -0.821. The Morgan fingerprint density at radius 3 is 2.24 bits per heavy atom. The monoisotopic (exact) mass is 499 g/mol. The van der Waals surface area contributed by atoms with Gasteiger partial charge in [-0.05, 0) is 48.4 Å². The molecule has 0 bridgehead atoms. The van der Waals surface area contributed by atoms with E-state index in [9.17, 15) is 9.59 Å². The first-order chi connectivity index (χ1) is 16.4. The summed E-state index contributed by atoms with van der Waals surface area (Å²) in [7, 11) is 1.72. The van der Waals surface area contributed by atoms with Gasteiger partial charge < -0.3 is 21.7 Å². The van der Waals surface area contributed by atoms with E-state index in [2.05, 4.69) is 20.9 Å². The van der Waals surface area contributed by atoms with Crippen LogP contribution in [-0.4, -0.2) is 35.9 Å². The van der Waals surface area contributed by atoms with Gasteiger partial charge in [-0.1, -0.05) is 65.7 Å². The Morgan fingerprint density at radius 1 is 0.882 bits per heavy atom. The molecular formula is C25H27Cl2N5O2. The van der Waals surface area contributed by atoms with E-state index in [0.29, 0.717) is 22.3 Å². The first kappa shape index (κ1) is 25.5. The molecule has 0 aliphatic rings. The van der Waals surface area contributed by atoms with E-state index in [1.807, 2.05) is 30.3 Å². The van der Waals surface area contributed by atoms with Crippen molar-refractivity contribution in [3.63, 3.8) is 0 Å². The number of carbonyl (C=O) groups excluding carboxylic acids is 2. The number of pyridine rings is 1. The summed E-state index contributed by atoms with van der Waals surface area (Å²) >= 11 is 12.2. The van der Waals surface area contributed by atoms with Crippen molar-refractivity contribution in [1.82, 2.24) is 20.9 Å². The number of nitrogens with zero attached hydrogens (tertiary/aromatic N) is 1. The number of hydrogen-bond donors (Lipinski definition) is 4. The van der Waals surface area contributed by atoms with Crippen molar-refractivity contribution in [3.8, 4) is 0 Å². The normalized spacial score (nSPS) is 12.6. The summed E-state index contributed by atoms with van der Waals surface area (Å²) in [6.07, 6.45) is 2.33. The maximum absolute atomic E-state index is 13.1. The van der Waals surface area contributed by atoms with Crippen LogP contribution in [-0.2, 0) is 29.0 Å². The third-order valence-electron chi connectivity index (χ3n) is 5.32. The number of likely N-dealkylation sites (N-methyl/N-ethyl adjacent to an activating group) is 1. The maximum atomic E-state index is 13.1. The largest absolute Gasteiger partial charge is 0.384 e. The fraction of sp³-hybridized carbons (Fsp3) is 0.240. The zero-order valence-electron chi connectivity index (χ0n) is 18.7. The summed E-state index contributed by atoms with van der Waals surface area (Å²) in [4.78, 5) is 30.2. The number of amides is 2. The SMILES string of the molecule is CNC(Cc1ccccc1)C(=O)N[C@@H](Cc1ccc(Cl)c(Cl)c1)C(=O)NCc1ccc(N)nc1.